The lowest BCUT2D eigenvalue weighted by Crippen LogP contribution is -2.29. The first kappa shape index (κ1) is 13.9. The fourth-order valence-corrected chi connectivity index (χ4v) is 4.34. The maximum atomic E-state index is 4.50. The van der Waals surface area contributed by atoms with Crippen molar-refractivity contribution in [3.05, 3.63) is 42.1 Å². The van der Waals surface area contributed by atoms with Crippen molar-refractivity contribution < 1.29 is 0 Å². The van der Waals surface area contributed by atoms with Gasteiger partial charge < -0.3 is 5.32 Å². The van der Waals surface area contributed by atoms with Crippen LogP contribution in [0.1, 0.15) is 31.4 Å². The average molecular weight is 286 g/mol. The number of fused-ring (bicyclic) bond motifs is 1. The molecule has 0 radical (unpaired) electrons. The maximum Gasteiger partial charge on any atom is 0.0705 e. The van der Waals surface area contributed by atoms with Gasteiger partial charge in [0, 0.05) is 17.6 Å². The molecule has 2 nitrogen and oxygen atoms in total. The summed E-state index contributed by atoms with van der Waals surface area (Å²) in [6.07, 6.45) is 4.38. The van der Waals surface area contributed by atoms with Gasteiger partial charge in [0.05, 0.1) is 5.52 Å². The Morgan fingerprint density at radius 3 is 3.10 bits per heavy atom. The molecule has 1 aliphatic rings. The third-order valence-electron chi connectivity index (χ3n) is 4.07. The standard InChI is InChI=1S/C17H22N2S/c1-2-9-19-17(13-8-11-20-12-13)15-5-3-7-16-14(15)6-4-10-18-16/h3-7,10,13,17,19H,2,8-9,11-12H2,1H3. The van der Waals surface area contributed by atoms with Crippen molar-refractivity contribution in [2.75, 3.05) is 18.1 Å². The largest absolute Gasteiger partial charge is 0.310 e. The zero-order valence-corrected chi connectivity index (χ0v) is 12.8. The fourth-order valence-electron chi connectivity index (χ4n) is 3.04. The van der Waals surface area contributed by atoms with E-state index in [0.717, 1.165) is 18.0 Å². The number of hydrogen-bond donors (Lipinski definition) is 1. The molecule has 3 heteroatoms. The highest BCUT2D eigenvalue weighted by Crippen LogP contribution is 2.36. The Kier molecular flexibility index (Phi) is 4.58. The molecule has 0 amide bonds. The molecule has 0 bridgehead atoms. The predicted molar refractivity (Wildman–Crippen MR) is 88.2 cm³/mol. The minimum atomic E-state index is 0.470. The highest BCUT2D eigenvalue weighted by molar-refractivity contribution is 7.99. The van der Waals surface area contributed by atoms with Crippen LogP contribution >= 0.6 is 11.8 Å². The van der Waals surface area contributed by atoms with E-state index < -0.39 is 0 Å². The second-order valence-electron chi connectivity index (χ2n) is 5.47. The van der Waals surface area contributed by atoms with E-state index in [1.807, 2.05) is 12.3 Å². The van der Waals surface area contributed by atoms with E-state index in [-0.39, 0.29) is 0 Å². The number of thioether (sulfide) groups is 1. The van der Waals surface area contributed by atoms with E-state index in [4.69, 9.17) is 0 Å². The summed E-state index contributed by atoms with van der Waals surface area (Å²) in [5.74, 6) is 3.33. The highest BCUT2D eigenvalue weighted by atomic mass is 32.2. The second-order valence-corrected chi connectivity index (χ2v) is 6.62. The van der Waals surface area contributed by atoms with Crippen LogP contribution < -0.4 is 5.32 Å². The Morgan fingerprint density at radius 2 is 2.30 bits per heavy atom. The lowest BCUT2D eigenvalue weighted by Gasteiger charge is -2.26. The third kappa shape index (κ3) is 2.84. The molecule has 1 aromatic carbocycles. The molecule has 2 aromatic rings. The van der Waals surface area contributed by atoms with Crippen LogP contribution in [-0.2, 0) is 0 Å². The van der Waals surface area contributed by atoms with E-state index in [9.17, 15) is 0 Å². The van der Waals surface area contributed by atoms with Crippen molar-refractivity contribution in [3.63, 3.8) is 0 Å². The average Bonchev–Trinajstić information content (AvgIpc) is 3.02. The molecular formula is C17H22N2S. The number of aromatic nitrogens is 1. The normalized spacial score (nSPS) is 20.4. The van der Waals surface area contributed by atoms with Crippen LogP contribution in [0.5, 0.6) is 0 Å². The zero-order chi connectivity index (χ0) is 13.8. The third-order valence-corrected chi connectivity index (χ3v) is 5.25. The van der Waals surface area contributed by atoms with Gasteiger partial charge in [-0.1, -0.05) is 25.1 Å². The number of nitrogens with one attached hydrogen (secondary N) is 1. The molecule has 1 aromatic heterocycles. The van der Waals surface area contributed by atoms with Gasteiger partial charge in [-0.05, 0) is 54.5 Å². The number of nitrogens with zero attached hydrogens (tertiary/aromatic N) is 1. The molecule has 1 saturated heterocycles. The summed E-state index contributed by atoms with van der Waals surface area (Å²) >= 11 is 2.09. The van der Waals surface area contributed by atoms with Crippen molar-refractivity contribution in [2.24, 2.45) is 5.92 Å². The number of benzene rings is 1. The van der Waals surface area contributed by atoms with E-state index in [2.05, 4.69) is 53.3 Å². The molecule has 0 saturated carbocycles. The molecule has 0 spiro atoms. The molecule has 3 rings (SSSR count). The first-order valence-corrected chi connectivity index (χ1v) is 8.70. The molecule has 2 heterocycles. The van der Waals surface area contributed by atoms with Gasteiger partial charge in [0.15, 0.2) is 0 Å². The Bertz CT molecular complexity index is 558. The van der Waals surface area contributed by atoms with Gasteiger partial charge in [-0.25, -0.2) is 0 Å². The summed E-state index contributed by atoms with van der Waals surface area (Å²) in [6, 6.07) is 11.3. The van der Waals surface area contributed by atoms with Crippen molar-refractivity contribution in [1.29, 1.82) is 0 Å². The molecular weight excluding hydrogens is 264 g/mol. The second kappa shape index (κ2) is 6.59. The molecule has 1 N–H and O–H groups in total. The van der Waals surface area contributed by atoms with Crippen LogP contribution in [0.4, 0.5) is 0 Å². The van der Waals surface area contributed by atoms with Gasteiger partial charge in [-0.15, -0.1) is 0 Å². The van der Waals surface area contributed by atoms with E-state index in [1.165, 1.54) is 35.3 Å². The summed E-state index contributed by atoms with van der Waals surface area (Å²) in [7, 11) is 0. The van der Waals surface area contributed by atoms with E-state index in [0.29, 0.717) is 6.04 Å². The van der Waals surface area contributed by atoms with Crippen LogP contribution in [0.25, 0.3) is 10.9 Å². The molecule has 1 fully saturated rings. The predicted octanol–water partition coefficient (Wildman–Crippen LogP) is 4.03. The summed E-state index contributed by atoms with van der Waals surface area (Å²) in [6.45, 7) is 3.32. The van der Waals surface area contributed by atoms with Gasteiger partial charge in [-0.3, -0.25) is 4.98 Å². The topological polar surface area (TPSA) is 24.9 Å². The van der Waals surface area contributed by atoms with Crippen molar-refractivity contribution >= 4 is 22.7 Å². The fraction of sp³-hybridized carbons (Fsp3) is 0.471. The summed E-state index contributed by atoms with van der Waals surface area (Å²) < 4.78 is 0. The van der Waals surface area contributed by atoms with Crippen LogP contribution in [0, 0.1) is 5.92 Å². The molecule has 1 aliphatic heterocycles. The van der Waals surface area contributed by atoms with Gasteiger partial charge in [0.1, 0.15) is 0 Å². The van der Waals surface area contributed by atoms with Gasteiger partial charge in [0.2, 0.25) is 0 Å². The van der Waals surface area contributed by atoms with Crippen molar-refractivity contribution in [3.8, 4) is 0 Å². The monoisotopic (exact) mass is 286 g/mol. The molecule has 106 valence electrons. The van der Waals surface area contributed by atoms with Crippen molar-refractivity contribution in [2.45, 2.75) is 25.8 Å². The van der Waals surface area contributed by atoms with Gasteiger partial charge >= 0.3 is 0 Å². The Balaban J connectivity index is 1.99. The summed E-state index contributed by atoms with van der Waals surface area (Å²) in [5, 5.41) is 5.08. The minimum Gasteiger partial charge on any atom is -0.310 e. The lowest BCUT2D eigenvalue weighted by atomic mass is 9.90. The van der Waals surface area contributed by atoms with E-state index >= 15 is 0 Å². The lowest BCUT2D eigenvalue weighted by molar-refractivity contribution is 0.396. The van der Waals surface area contributed by atoms with Crippen LogP contribution in [0.3, 0.4) is 0 Å². The first-order valence-electron chi connectivity index (χ1n) is 7.55. The van der Waals surface area contributed by atoms with Gasteiger partial charge in [-0.2, -0.15) is 11.8 Å². The Labute approximate surface area is 125 Å². The molecule has 2 atom stereocenters. The number of pyridine rings is 1. The number of rotatable bonds is 5. The SMILES string of the molecule is CCCNC(c1cccc2ncccc12)C1CCSC1. The van der Waals surface area contributed by atoms with Crippen LogP contribution in [-0.4, -0.2) is 23.0 Å². The molecule has 0 aliphatic carbocycles. The summed E-state index contributed by atoms with van der Waals surface area (Å²) in [4.78, 5) is 4.50. The van der Waals surface area contributed by atoms with E-state index in [1.54, 1.807) is 0 Å². The Hall–Kier alpha value is -1.06. The van der Waals surface area contributed by atoms with Crippen LogP contribution in [0.15, 0.2) is 36.5 Å². The highest BCUT2D eigenvalue weighted by Gasteiger charge is 2.27. The zero-order valence-electron chi connectivity index (χ0n) is 12.0. The first-order chi connectivity index (χ1) is 9.90. The van der Waals surface area contributed by atoms with Crippen LogP contribution in [0.2, 0.25) is 0 Å². The van der Waals surface area contributed by atoms with Gasteiger partial charge in [0.25, 0.3) is 0 Å². The maximum absolute atomic E-state index is 4.50. The Morgan fingerprint density at radius 1 is 1.35 bits per heavy atom. The molecule has 2 unspecified atom stereocenters. The molecule has 20 heavy (non-hydrogen) atoms. The smallest absolute Gasteiger partial charge is 0.0705 e. The minimum absolute atomic E-state index is 0.470. The van der Waals surface area contributed by atoms with Crippen molar-refractivity contribution in [1.82, 2.24) is 10.3 Å². The quantitative estimate of drug-likeness (QED) is 0.898. The summed E-state index contributed by atoms with van der Waals surface area (Å²) in [5.41, 5.74) is 2.54. The number of hydrogen-bond acceptors (Lipinski definition) is 3.